The smallest absolute Gasteiger partial charge is 0.165 e. The van der Waals surface area contributed by atoms with Gasteiger partial charge in [0.15, 0.2) is 11.5 Å². The van der Waals surface area contributed by atoms with Crippen LogP contribution in [0.25, 0.3) is 11.2 Å². The molecule has 90 valence electrons. The van der Waals surface area contributed by atoms with E-state index in [1.54, 1.807) is 6.33 Å². The molecule has 0 unspecified atom stereocenters. The Bertz CT molecular complexity index is 530. The van der Waals surface area contributed by atoms with Gasteiger partial charge in [-0.3, -0.25) is 0 Å². The molecule has 2 aromatic rings. The zero-order chi connectivity index (χ0) is 12.3. The topological polar surface area (TPSA) is 81.7 Å². The van der Waals surface area contributed by atoms with Gasteiger partial charge in [-0.1, -0.05) is 13.5 Å². The van der Waals surface area contributed by atoms with Crippen LogP contribution in [0.2, 0.25) is 0 Å². The van der Waals surface area contributed by atoms with Gasteiger partial charge in [0.1, 0.15) is 11.8 Å². The molecule has 0 radical (unpaired) electrons. The molecule has 0 aliphatic heterocycles. The summed E-state index contributed by atoms with van der Waals surface area (Å²) in [6.07, 6.45) is 3.16. The van der Waals surface area contributed by atoms with E-state index >= 15 is 0 Å². The molecule has 0 aromatic carbocycles. The predicted octanol–water partition coefficient (Wildman–Crippen LogP) is 0.574. The molecule has 17 heavy (non-hydrogen) atoms. The van der Waals surface area contributed by atoms with Crippen molar-refractivity contribution in [2.45, 2.75) is 13.5 Å². The van der Waals surface area contributed by atoms with Gasteiger partial charge in [0, 0.05) is 13.1 Å². The summed E-state index contributed by atoms with van der Waals surface area (Å²) in [6, 6.07) is 0. The van der Waals surface area contributed by atoms with E-state index in [2.05, 4.69) is 33.8 Å². The fourth-order valence-corrected chi connectivity index (χ4v) is 1.61. The van der Waals surface area contributed by atoms with Crippen molar-refractivity contribution in [3.8, 4) is 0 Å². The van der Waals surface area contributed by atoms with Crippen molar-refractivity contribution in [3.05, 3.63) is 24.8 Å². The number of hydrogen-bond acceptors (Lipinski definition) is 5. The van der Waals surface area contributed by atoms with E-state index in [9.17, 15) is 0 Å². The highest BCUT2D eigenvalue weighted by Gasteiger charge is 2.07. The molecule has 0 fully saturated rings. The number of rotatable bonds is 5. The first-order chi connectivity index (χ1) is 8.22. The van der Waals surface area contributed by atoms with Gasteiger partial charge >= 0.3 is 0 Å². The zero-order valence-electron chi connectivity index (χ0n) is 9.85. The largest absolute Gasteiger partial charge is 0.382 e. The number of aromatic nitrogens is 4. The Hall–Kier alpha value is -1.95. The van der Waals surface area contributed by atoms with Crippen LogP contribution < -0.4 is 11.1 Å². The Morgan fingerprint density at radius 3 is 3.06 bits per heavy atom. The van der Waals surface area contributed by atoms with E-state index in [0.717, 1.165) is 24.3 Å². The highest BCUT2D eigenvalue weighted by atomic mass is 15.1. The molecular formula is C11H16N6. The quantitative estimate of drug-likeness (QED) is 0.737. The monoisotopic (exact) mass is 232 g/mol. The third-order valence-corrected chi connectivity index (χ3v) is 2.45. The Morgan fingerprint density at radius 1 is 1.47 bits per heavy atom. The van der Waals surface area contributed by atoms with Crippen LogP contribution in [0.1, 0.15) is 6.92 Å². The van der Waals surface area contributed by atoms with Gasteiger partial charge in [0.25, 0.3) is 0 Å². The molecule has 6 heteroatoms. The predicted molar refractivity (Wildman–Crippen MR) is 67.4 cm³/mol. The Balaban J connectivity index is 2.19. The molecule has 2 rings (SSSR count). The van der Waals surface area contributed by atoms with Crippen molar-refractivity contribution in [1.82, 2.24) is 24.8 Å². The first-order valence-electron chi connectivity index (χ1n) is 5.51. The minimum absolute atomic E-state index is 0.408. The summed E-state index contributed by atoms with van der Waals surface area (Å²) < 4.78 is 1.92. The Morgan fingerprint density at radius 2 is 2.29 bits per heavy atom. The lowest BCUT2D eigenvalue weighted by atomic mass is 10.3. The van der Waals surface area contributed by atoms with Gasteiger partial charge in [0.05, 0.1) is 6.33 Å². The normalized spacial score (nSPS) is 10.9. The highest BCUT2D eigenvalue weighted by molar-refractivity contribution is 5.81. The summed E-state index contributed by atoms with van der Waals surface area (Å²) in [5.74, 6) is 0.408. The first-order valence-corrected chi connectivity index (χ1v) is 5.51. The molecule has 6 nitrogen and oxygen atoms in total. The Kier molecular flexibility index (Phi) is 3.34. The van der Waals surface area contributed by atoms with Crippen molar-refractivity contribution in [2.24, 2.45) is 0 Å². The molecule has 0 amide bonds. The molecule has 0 aliphatic rings. The van der Waals surface area contributed by atoms with Crippen LogP contribution in [0.3, 0.4) is 0 Å². The first kappa shape index (κ1) is 11.5. The van der Waals surface area contributed by atoms with Gasteiger partial charge in [0.2, 0.25) is 0 Å². The molecule has 2 heterocycles. The second kappa shape index (κ2) is 4.92. The second-order valence-corrected chi connectivity index (χ2v) is 3.83. The maximum atomic E-state index is 5.72. The molecule has 0 aliphatic carbocycles. The lowest BCUT2D eigenvalue weighted by Crippen LogP contribution is -2.18. The summed E-state index contributed by atoms with van der Waals surface area (Å²) in [4.78, 5) is 12.3. The molecule has 0 saturated heterocycles. The summed E-state index contributed by atoms with van der Waals surface area (Å²) in [6.45, 7) is 8.47. The molecule has 0 saturated carbocycles. The molecule has 2 aromatic heterocycles. The van der Waals surface area contributed by atoms with Crippen molar-refractivity contribution >= 4 is 17.0 Å². The lowest BCUT2D eigenvalue weighted by Gasteiger charge is -2.07. The van der Waals surface area contributed by atoms with E-state index in [1.165, 1.54) is 6.33 Å². The molecule has 0 bridgehead atoms. The van der Waals surface area contributed by atoms with Crippen molar-refractivity contribution in [1.29, 1.82) is 0 Å². The van der Waals surface area contributed by atoms with Crippen LogP contribution >= 0.6 is 0 Å². The number of nitrogen functional groups attached to an aromatic ring is 1. The minimum atomic E-state index is 0.408. The van der Waals surface area contributed by atoms with Gasteiger partial charge in [-0.25, -0.2) is 15.0 Å². The average Bonchev–Trinajstić information content (AvgIpc) is 2.71. The number of fused-ring (bicyclic) bond motifs is 1. The van der Waals surface area contributed by atoms with Crippen LogP contribution in [0, 0.1) is 0 Å². The minimum Gasteiger partial charge on any atom is -0.382 e. The summed E-state index contributed by atoms with van der Waals surface area (Å²) in [7, 11) is 0. The van der Waals surface area contributed by atoms with Crippen LogP contribution in [0.4, 0.5) is 5.82 Å². The van der Waals surface area contributed by atoms with Gasteiger partial charge in [-0.15, -0.1) is 0 Å². The number of anilines is 1. The van der Waals surface area contributed by atoms with Gasteiger partial charge < -0.3 is 15.6 Å². The van der Waals surface area contributed by atoms with Crippen molar-refractivity contribution < 1.29 is 0 Å². The highest BCUT2D eigenvalue weighted by Crippen LogP contribution is 2.14. The number of nitrogens with one attached hydrogen (secondary N) is 1. The number of likely N-dealkylation sites (N-methyl/N-ethyl adjacent to an activating group) is 1. The zero-order valence-corrected chi connectivity index (χ0v) is 9.85. The third kappa shape index (κ3) is 2.42. The number of nitrogens with zero attached hydrogens (tertiary/aromatic N) is 4. The van der Waals surface area contributed by atoms with Crippen LogP contribution in [0.15, 0.2) is 24.8 Å². The SMILES string of the molecule is C=C(CNCC)Cn1cnc2c(N)ncnc21. The standard InChI is InChI=1S/C11H16N6/c1-3-13-4-8(2)5-17-7-16-9-10(12)14-6-15-11(9)17/h6-7,13H,2-5H2,1H3,(H2,12,14,15). The van der Waals surface area contributed by atoms with E-state index in [-0.39, 0.29) is 0 Å². The third-order valence-electron chi connectivity index (χ3n) is 2.45. The van der Waals surface area contributed by atoms with Crippen molar-refractivity contribution in [3.63, 3.8) is 0 Å². The molecule has 0 spiro atoms. The second-order valence-electron chi connectivity index (χ2n) is 3.83. The fourth-order valence-electron chi connectivity index (χ4n) is 1.61. The maximum absolute atomic E-state index is 5.72. The van der Waals surface area contributed by atoms with E-state index in [1.807, 2.05) is 4.57 Å². The average molecular weight is 232 g/mol. The van der Waals surface area contributed by atoms with Gasteiger partial charge in [-0.2, -0.15) is 0 Å². The van der Waals surface area contributed by atoms with Crippen LogP contribution in [0.5, 0.6) is 0 Å². The molecule has 0 atom stereocenters. The summed E-state index contributed by atoms with van der Waals surface area (Å²) in [5, 5.41) is 3.23. The maximum Gasteiger partial charge on any atom is 0.165 e. The number of nitrogens with two attached hydrogens (primary N) is 1. The molecular weight excluding hydrogens is 216 g/mol. The number of hydrogen-bond donors (Lipinski definition) is 2. The van der Waals surface area contributed by atoms with Gasteiger partial charge in [-0.05, 0) is 12.1 Å². The van der Waals surface area contributed by atoms with E-state index in [4.69, 9.17) is 5.73 Å². The fraction of sp³-hybridized carbons (Fsp3) is 0.364. The Labute approximate surface area is 99.6 Å². The number of imidazole rings is 1. The van der Waals surface area contributed by atoms with E-state index in [0.29, 0.717) is 17.9 Å². The molecule has 3 N–H and O–H groups in total. The lowest BCUT2D eigenvalue weighted by molar-refractivity contribution is 0.711. The summed E-state index contributed by atoms with van der Waals surface area (Å²) in [5.41, 5.74) is 8.18. The van der Waals surface area contributed by atoms with Crippen LogP contribution in [-0.4, -0.2) is 32.6 Å². The van der Waals surface area contributed by atoms with Crippen molar-refractivity contribution in [2.75, 3.05) is 18.8 Å². The van der Waals surface area contributed by atoms with Crippen LogP contribution in [-0.2, 0) is 6.54 Å². The van der Waals surface area contributed by atoms with E-state index < -0.39 is 0 Å². The summed E-state index contributed by atoms with van der Waals surface area (Å²) >= 11 is 0.